The van der Waals surface area contributed by atoms with Gasteiger partial charge in [0.15, 0.2) is 5.82 Å². The van der Waals surface area contributed by atoms with Gasteiger partial charge < -0.3 is 21.3 Å². The number of nitrogens with zero attached hydrogens (tertiary/aromatic N) is 2. The molecule has 0 aliphatic carbocycles. The van der Waals surface area contributed by atoms with Crippen LogP contribution in [0.5, 0.6) is 0 Å². The van der Waals surface area contributed by atoms with Crippen LogP contribution >= 0.6 is 0 Å². The number of amides is 1. The molecular formula is C12H19N5O. The molecule has 0 bridgehead atoms. The van der Waals surface area contributed by atoms with E-state index in [0.717, 1.165) is 38.2 Å². The van der Waals surface area contributed by atoms with Crippen molar-refractivity contribution in [2.45, 2.75) is 25.9 Å². The van der Waals surface area contributed by atoms with Gasteiger partial charge >= 0.3 is 0 Å². The summed E-state index contributed by atoms with van der Waals surface area (Å²) in [7, 11) is 0. The number of hydrogen-bond acceptors (Lipinski definition) is 5. The minimum atomic E-state index is 0.0353. The fraction of sp³-hybridized carbons (Fsp3) is 0.500. The van der Waals surface area contributed by atoms with E-state index in [1.54, 1.807) is 0 Å². The maximum Gasteiger partial charge on any atom is 0.208 e. The molecule has 0 spiro atoms. The molecule has 2 heterocycles. The van der Waals surface area contributed by atoms with Gasteiger partial charge in [0.1, 0.15) is 12.0 Å². The third kappa shape index (κ3) is 2.47. The number of nitrogens with two attached hydrogens (primary N) is 1. The van der Waals surface area contributed by atoms with Crippen LogP contribution in [0.1, 0.15) is 19.8 Å². The predicted molar refractivity (Wildman–Crippen MR) is 72.4 cm³/mol. The van der Waals surface area contributed by atoms with Crippen LogP contribution in [0.25, 0.3) is 0 Å². The smallest absolute Gasteiger partial charge is 0.208 e. The molecule has 1 atom stereocenters. The third-order valence-corrected chi connectivity index (χ3v) is 3.06. The zero-order valence-corrected chi connectivity index (χ0v) is 10.5. The molecule has 1 unspecified atom stereocenters. The highest BCUT2D eigenvalue weighted by Crippen LogP contribution is 2.26. The number of carbonyl (C=O) groups is 1. The van der Waals surface area contributed by atoms with Crippen LogP contribution in [0, 0.1) is 0 Å². The van der Waals surface area contributed by atoms with E-state index in [0.29, 0.717) is 11.5 Å². The SMILES string of the molecule is CCNc1nc(N2CCCC2NC=O)ccc1N. The van der Waals surface area contributed by atoms with E-state index in [2.05, 4.69) is 20.5 Å². The maximum atomic E-state index is 10.6. The van der Waals surface area contributed by atoms with Gasteiger partial charge in [-0.3, -0.25) is 4.79 Å². The van der Waals surface area contributed by atoms with Crippen LogP contribution < -0.4 is 21.3 Å². The first kappa shape index (κ1) is 12.5. The summed E-state index contributed by atoms with van der Waals surface area (Å²) in [6, 6.07) is 3.73. The molecule has 0 aromatic carbocycles. The van der Waals surface area contributed by atoms with Gasteiger partial charge in [-0.1, -0.05) is 0 Å². The van der Waals surface area contributed by atoms with Gasteiger partial charge in [0.25, 0.3) is 0 Å². The lowest BCUT2D eigenvalue weighted by molar-refractivity contribution is -0.110. The van der Waals surface area contributed by atoms with Gasteiger partial charge in [0.05, 0.1) is 5.69 Å². The summed E-state index contributed by atoms with van der Waals surface area (Å²) in [6.07, 6.45) is 2.77. The van der Waals surface area contributed by atoms with Crippen LogP contribution in [0.15, 0.2) is 12.1 Å². The summed E-state index contributed by atoms with van der Waals surface area (Å²) in [4.78, 5) is 17.2. The Bertz CT molecular complexity index is 423. The number of carbonyl (C=O) groups excluding carboxylic acids is 1. The Morgan fingerprint density at radius 2 is 2.44 bits per heavy atom. The Hall–Kier alpha value is -1.98. The molecule has 4 N–H and O–H groups in total. The Morgan fingerprint density at radius 1 is 1.61 bits per heavy atom. The van der Waals surface area contributed by atoms with Gasteiger partial charge in [-0.05, 0) is 31.9 Å². The first-order chi connectivity index (χ1) is 8.76. The van der Waals surface area contributed by atoms with Crippen molar-refractivity contribution in [3.05, 3.63) is 12.1 Å². The zero-order valence-electron chi connectivity index (χ0n) is 10.5. The topological polar surface area (TPSA) is 83.3 Å². The average molecular weight is 249 g/mol. The number of rotatable bonds is 5. The van der Waals surface area contributed by atoms with Crippen molar-refractivity contribution in [2.24, 2.45) is 0 Å². The lowest BCUT2D eigenvalue weighted by Gasteiger charge is -2.25. The molecule has 2 rings (SSSR count). The summed E-state index contributed by atoms with van der Waals surface area (Å²) in [5.74, 6) is 1.55. The van der Waals surface area contributed by atoms with Gasteiger partial charge in [0, 0.05) is 13.1 Å². The lowest BCUT2D eigenvalue weighted by atomic mass is 10.3. The van der Waals surface area contributed by atoms with Crippen LogP contribution in [0.2, 0.25) is 0 Å². The number of pyridine rings is 1. The van der Waals surface area contributed by atoms with Crippen molar-refractivity contribution in [1.82, 2.24) is 10.3 Å². The number of nitrogens with one attached hydrogen (secondary N) is 2. The van der Waals surface area contributed by atoms with Crippen LogP contribution in [0.3, 0.4) is 0 Å². The fourth-order valence-electron chi connectivity index (χ4n) is 2.22. The molecule has 0 saturated carbocycles. The summed E-state index contributed by atoms with van der Waals surface area (Å²) < 4.78 is 0. The molecular weight excluding hydrogens is 230 g/mol. The van der Waals surface area contributed by atoms with Crippen molar-refractivity contribution in [1.29, 1.82) is 0 Å². The van der Waals surface area contributed by atoms with Gasteiger partial charge in [-0.2, -0.15) is 0 Å². The Kier molecular flexibility index (Phi) is 3.86. The lowest BCUT2D eigenvalue weighted by Crippen LogP contribution is -2.41. The molecule has 1 aliphatic rings. The normalized spacial score (nSPS) is 18.7. The Balaban J connectivity index is 2.21. The number of nitrogen functional groups attached to an aromatic ring is 1. The maximum absolute atomic E-state index is 10.6. The van der Waals surface area contributed by atoms with Gasteiger partial charge in [-0.15, -0.1) is 0 Å². The predicted octanol–water partition coefficient (Wildman–Crippen LogP) is 0.768. The van der Waals surface area contributed by atoms with Crippen LogP contribution in [-0.4, -0.2) is 30.6 Å². The molecule has 98 valence electrons. The molecule has 1 aromatic heterocycles. The molecule has 18 heavy (non-hydrogen) atoms. The van der Waals surface area contributed by atoms with E-state index in [1.165, 1.54) is 0 Å². The highest BCUT2D eigenvalue weighted by Gasteiger charge is 2.25. The minimum absolute atomic E-state index is 0.0353. The summed E-state index contributed by atoms with van der Waals surface area (Å²) in [6.45, 7) is 3.67. The second-order valence-electron chi connectivity index (χ2n) is 4.27. The first-order valence-electron chi connectivity index (χ1n) is 6.23. The zero-order chi connectivity index (χ0) is 13.0. The molecule has 0 radical (unpaired) electrons. The van der Waals surface area contributed by atoms with Crippen molar-refractivity contribution in [3.8, 4) is 0 Å². The monoisotopic (exact) mass is 249 g/mol. The molecule has 1 fully saturated rings. The van der Waals surface area contributed by atoms with Crippen molar-refractivity contribution in [2.75, 3.05) is 29.0 Å². The van der Waals surface area contributed by atoms with E-state index in [1.807, 2.05) is 19.1 Å². The van der Waals surface area contributed by atoms with Crippen molar-refractivity contribution in [3.63, 3.8) is 0 Å². The fourth-order valence-corrected chi connectivity index (χ4v) is 2.22. The first-order valence-corrected chi connectivity index (χ1v) is 6.23. The molecule has 6 nitrogen and oxygen atoms in total. The molecule has 1 amide bonds. The Morgan fingerprint density at radius 3 is 3.17 bits per heavy atom. The van der Waals surface area contributed by atoms with Gasteiger partial charge in [0.2, 0.25) is 6.41 Å². The molecule has 1 aromatic rings. The second-order valence-corrected chi connectivity index (χ2v) is 4.27. The van der Waals surface area contributed by atoms with Crippen LogP contribution in [0.4, 0.5) is 17.3 Å². The number of aromatic nitrogens is 1. The van der Waals surface area contributed by atoms with Gasteiger partial charge in [-0.25, -0.2) is 4.98 Å². The molecule has 6 heteroatoms. The second kappa shape index (κ2) is 5.57. The van der Waals surface area contributed by atoms with Crippen molar-refractivity contribution >= 4 is 23.7 Å². The van der Waals surface area contributed by atoms with E-state index < -0.39 is 0 Å². The minimum Gasteiger partial charge on any atom is -0.396 e. The third-order valence-electron chi connectivity index (χ3n) is 3.06. The largest absolute Gasteiger partial charge is 0.396 e. The van der Waals surface area contributed by atoms with E-state index in [-0.39, 0.29) is 6.17 Å². The van der Waals surface area contributed by atoms with Crippen molar-refractivity contribution < 1.29 is 4.79 Å². The number of hydrogen-bond donors (Lipinski definition) is 3. The summed E-state index contributed by atoms with van der Waals surface area (Å²) in [5, 5.41) is 5.95. The van der Waals surface area contributed by atoms with Crippen LogP contribution in [-0.2, 0) is 4.79 Å². The molecule has 1 saturated heterocycles. The highest BCUT2D eigenvalue weighted by molar-refractivity contribution is 5.65. The Labute approximate surface area is 107 Å². The number of anilines is 3. The van der Waals surface area contributed by atoms with E-state index >= 15 is 0 Å². The quantitative estimate of drug-likeness (QED) is 0.671. The average Bonchev–Trinajstić information content (AvgIpc) is 2.81. The standard InChI is InChI=1S/C12H19N5O/c1-2-14-12-9(13)5-6-11(16-12)17-7-3-4-10(17)15-8-18/h5-6,8,10H,2-4,7,13H2,1H3,(H,14,16)(H,15,18). The summed E-state index contributed by atoms with van der Waals surface area (Å²) >= 11 is 0. The highest BCUT2D eigenvalue weighted by atomic mass is 16.1. The van der Waals surface area contributed by atoms with E-state index in [4.69, 9.17) is 5.73 Å². The van der Waals surface area contributed by atoms with E-state index in [9.17, 15) is 4.79 Å². The summed E-state index contributed by atoms with van der Waals surface area (Å²) in [5.41, 5.74) is 6.49. The molecule has 1 aliphatic heterocycles.